The Morgan fingerprint density at radius 2 is 2.06 bits per heavy atom. The molecule has 0 spiro atoms. The lowest BCUT2D eigenvalue weighted by Crippen LogP contribution is -2.28. The van der Waals surface area contributed by atoms with Crippen molar-refractivity contribution in [2.45, 2.75) is 32.7 Å². The molecule has 2 rings (SSSR count). The molecule has 1 aromatic heterocycles. The molecule has 16 heavy (non-hydrogen) atoms. The van der Waals surface area contributed by atoms with Crippen molar-refractivity contribution in [1.29, 1.82) is 0 Å². The van der Waals surface area contributed by atoms with Gasteiger partial charge in [0.2, 0.25) is 0 Å². The molecule has 2 heterocycles. The second kappa shape index (κ2) is 4.15. The molecule has 5 heteroatoms. The summed E-state index contributed by atoms with van der Waals surface area (Å²) >= 11 is 0. The predicted octanol–water partition coefficient (Wildman–Crippen LogP) is 1.28. The molecule has 0 unspecified atom stereocenters. The van der Waals surface area contributed by atoms with E-state index in [-0.39, 0.29) is 11.9 Å². The molecular weight excluding hydrogens is 204 g/mol. The molecule has 2 N–H and O–H groups in total. The fourth-order valence-corrected chi connectivity index (χ4v) is 2.04. The van der Waals surface area contributed by atoms with E-state index in [0.717, 1.165) is 25.9 Å². The first-order chi connectivity index (χ1) is 7.61. The van der Waals surface area contributed by atoms with Crippen LogP contribution in [0.3, 0.4) is 0 Å². The second-order valence-corrected chi connectivity index (χ2v) is 4.48. The summed E-state index contributed by atoms with van der Waals surface area (Å²) in [6.07, 6.45) is 3.75. The lowest BCUT2D eigenvalue weighted by molar-refractivity contribution is 0.0794. The predicted molar refractivity (Wildman–Crippen MR) is 62.2 cm³/mol. The zero-order valence-corrected chi connectivity index (χ0v) is 9.81. The molecule has 0 atom stereocenters. The molecule has 1 aromatic rings. The topological polar surface area (TPSA) is 64.2 Å². The van der Waals surface area contributed by atoms with Gasteiger partial charge in [0.15, 0.2) is 0 Å². The molecule has 0 bridgehead atoms. The van der Waals surface area contributed by atoms with E-state index in [0.29, 0.717) is 11.4 Å². The third-order valence-electron chi connectivity index (χ3n) is 2.95. The van der Waals surface area contributed by atoms with Crippen LogP contribution in [0, 0.1) is 0 Å². The summed E-state index contributed by atoms with van der Waals surface area (Å²) in [5.41, 5.74) is 6.46. The number of anilines is 1. The zero-order chi connectivity index (χ0) is 11.7. The van der Waals surface area contributed by atoms with E-state index >= 15 is 0 Å². The number of amides is 1. The Morgan fingerprint density at radius 1 is 1.44 bits per heavy atom. The first-order valence-corrected chi connectivity index (χ1v) is 5.73. The summed E-state index contributed by atoms with van der Waals surface area (Å²) < 4.78 is 1.68. The summed E-state index contributed by atoms with van der Waals surface area (Å²) in [7, 11) is 0. The third-order valence-corrected chi connectivity index (χ3v) is 2.95. The van der Waals surface area contributed by atoms with Crippen molar-refractivity contribution in [2.75, 3.05) is 18.8 Å². The number of likely N-dealkylation sites (tertiary alicyclic amines) is 1. The van der Waals surface area contributed by atoms with Crippen LogP contribution < -0.4 is 5.73 Å². The lowest BCUT2D eigenvalue weighted by Gasteiger charge is -2.15. The zero-order valence-electron chi connectivity index (χ0n) is 9.81. The molecule has 1 fully saturated rings. The SMILES string of the molecule is CC(C)n1ncc(C(=O)N2CCCC2)c1N. The molecule has 5 nitrogen and oxygen atoms in total. The average molecular weight is 222 g/mol. The Morgan fingerprint density at radius 3 is 2.56 bits per heavy atom. The maximum absolute atomic E-state index is 12.1. The van der Waals surface area contributed by atoms with Crippen LogP contribution in [0.1, 0.15) is 43.1 Å². The van der Waals surface area contributed by atoms with Crippen molar-refractivity contribution in [2.24, 2.45) is 0 Å². The molecule has 0 radical (unpaired) electrons. The van der Waals surface area contributed by atoms with Crippen LogP contribution in [-0.2, 0) is 0 Å². The highest BCUT2D eigenvalue weighted by Crippen LogP contribution is 2.20. The maximum atomic E-state index is 12.1. The fourth-order valence-electron chi connectivity index (χ4n) is 2.04. The van der Waals surface area contributed by atoms with Gasteiger partial charge < -0.3 is 10.6 Å². The van der Waals surface area contributed by atoms with E-state index in [2.05, 4.69) is 5.10 Å². The molecule has 1 aliphatic rings. The van der Waals surface area contributed by atoms with Crippen molar-refractivity contribution in [1.82, 2.24) is 14.7 Å². The standard InChI is InChI=1S/C11H18N4O/c1-8(2)15-10(12)9(7-13-15)11(16)14-5-3-4-6-14/h7-8H,3-6,12H2,1-2H3. The number of hydrogen-bond donors (Lipinski definition) is 1. The van der Waals surface area contributed by atoms with Gasteiger partial charge in [0, 0.05) is 19.1 Å². The number of hydrogen-bond acceptors (Lipinski definition) is 3. The van der Waals surface area contributed by atoms with Crippen LogP contribution in [0.5, 0.6) is 0 Å². The van der Waals surface area contributed by atoms with Gasteiger partial charge in [0.1, 0.15) is 11.4 Å². The Balaban J connectivity index is 2.23. The van der Waals surface area contributed by atoms with Crippen molar-refractivity contribution < 1.29 is 4.79 Å². The smallest absolute Gasteiger partial charge is 0.259 e. The second-order valence-electron chi connectivity index (χ2n) is 4.48. The number of carbonyl (C=O) groups is 1. The number of nitrogens with two attached hydrogens (primary N) is 1. The van der Waals surface area contributed by atoms with E-state index in [4.69, 9.17) is 5.73 Å². The van der Waals surface area contributed by atoms with Gasteiger partial charge in [0.05, 0.1) is 6.20 Å². The summed E-state index contributed by atoms with van der Waals surface area (Å²) in [6, 6.07) is 0.181. The van der Waals surface area contributed by atoms with Crippen LogP contribution in [0.25, 0.3) is 0 Å². The van der Waals surface area contributed by atoms with Crippen LogP contribution in [0.2, 0.25) is 0 Å². The van der Waals surface area contributed by atoms with Gasteiger partial charge in [-0.2, -0.15) is 5.10 Å². The van der Waals surface area contributed by atoms with Gasteiger partial charge in [-0.05, 0) is 26.7 Å². The highest BCUT2D eigenvalue weighted by atomic mass is 16.2. The minimum atomic E-state index is 0.0156. The van der Waals surface area contributed by atoms with Gasteiger partial charge in [0.25, 0.3) is 5.91 Å². The molecule has 1 aliphatic heterocycles. The largest absolute Gasteiger partial charge is 0.383 e. The summed E-state index contributed by atoms with van der Waals surface area (Å²) in [4.78, 5) is 13.9. The van der Waals surface area contributed by atoms with Crippen molar-refractivity contribution >= 4 is 11.7 Å². The summed E-state index contributed by atoms with van der Waals surface area (Å²) in [5.74, 6) is 0.494. The minimum Gasteiger partial charge on any atom is -0.383 e. The monoisotopic (exact) mass is 222 g/mol. The van der Waals surface area contributed by atoms with Crippen LogP contribution in [0.4, 0.5) is 5.82 Å². The van der Waals surface area contributed by atoms with Gasteiger partial charge in [-0.3, -0.25) is 4.79 Å². The Hall–Kier alpha value is -1.52. The first kappa shape index (κ1) is 11.0. The number of rotatable bonds is 2. The molecule has 0 saturated carbocycles. The van der Waals surface area contributed by atoms with E-state index in [9.17, 15) is 4.79 Å². The van der Waals surface area contributed by atoms with E-state index in [1.54, 1.807) is 10.9 Å². The third kappa shape index (κ3) is 1.77. The molecule has 0 aromatic carbocycles. The molecule has 1 amide bonds. The normalized spacial score (nSPS) is 16.1. The van der Waals surface area contributed by atoms with Crippen molar-refractivity contribution in [3.63, 3.8) is 0 Å². The molecule has 1 saturated heterocycles. The number of aromatic nitrogens is 2. The Kier molecular flexibility index (Phi) is 2.85. The van der Waals surface area contributed by atoms with Crippen molar-refractivity contribution in [3.8, 4) is 0 Å². The van der Waals surface area contributed by atoms with Gasteiger partial charge in [-0.25, -0.2) is 4.68 Å². The van der Waals surface area contributed by atoms with Crippen LogP contribution >= 0.6 is 0 Å². The lowest BCUT2D eigenvalue weighted by atomic mass is 10.3. The molecule has 88 valence electrons. The van der Waals surface area contributed by atoms with E-state index < -0.39 is 0 Å². The molecule has 0 aliphatic carbocycles. The molecular formula is C11H18N4O. The number of nitrogen functional groups attached to an aromatic ring is 1. The van der Waals surface area contributed by atoms with Gasteiger partial charge in [-0.1, -0.05) is 0 Å². The van der Waals surface area contributed by atoms with E-state index in [1.807, 2.05) is 18.7 Å². The average Bonchev–Trinajstić information content (AvgIpc) is 2.84. The number of carbonyl (C=O) groups excluding carboxylic acids is 1. The first-order valence-electron chi connectivity index (χ1n) is 5.73. The Labute approximate surface area is 95.2 Å². The summed E-state index contributed by atoms with van der Waals surface area (Å²) in [5, 5.41) is 4.15. The van der Waals surface area contributed by atoms with Gasteiger partial charge >= 0.3 is 0 Å². The van der Waals surface area contributed by atoms with Crippen LogP contribution in [-0.4, -0.2) is 33.7 Å². The van der Waals surface area contributed by atoms with E-state index in [1.165, 1.54) is 0 Å². The fraction of sp³-hybridized carbons (Fsp3) is 0.636. The maximum Gasteiger partial charge on any atom is 0.259 e. The van der Waals surface area contributed by atoms with Crippen LogP contribution in [0.15, 0.2) is 6.20 Å². The quantitative estimate of drug-likeness (QED) is 0.819. The number of nitrogens with zero attached hydrogens (tertiary/aromatic N) is 3. The highest BCUT2D eigenvalue weighted by Gasteiger charge is 2.24. The van der Waals surface area contributed by atoms with Crippen molar-refractivity contribution in [3.05, 3.63) is 11.8 Å². The highest BCUT2D eigenvalue weighted by molar-refractivity contribution is 5.98. The minimum absolute atomic E-state index is 0.0156. The summed E-state index contributed by atoms with van der Waals surface area (Å²) in [6.45, 7) is 5.66. The van der Waals surface area contributed by atoms with Gasteiger partial charge in [-0.15, -0.1) is 0 Å². The Bertz CT molecular complexity index is 391.